The van der Waals surface area contributed by atoms with Crippen molar-refractivity contribution in [2.45, 2.75) is 4.90 Å². The highest BCUT2D eigenvalue weighted by Crippen LogP contribution is 2.28. The topological polar surface area (TPSA) is 26.3 Å². The molecule has 0 aliphatic rings. The van der Waals surface area contributed by atoms with Crippen molar-refractivity contribution in [1.29, 1.82) is 0 Å². The Bertz CT molecular complexity index is 838. The van der Waals surface area contributed by atoms with Crippen molar-refractivity contribution in [2.24, 2.45) is 0 Å². The molecule has 1 unspecified atom stereocenters. The zero-order valence-corrected chi connectivity index (χ0v) is 14.2. The number of benzene rings is 3. The van der Waals surface area contributed by atoms with Crippen molar-refractivity contribution >= 4 is 21.8 Å². The van der Waals surface area contributed by atoms with Crippen molar-refractivity contribution in [3.05, 3.63) is 96.1 Å². The van der Waals surface area contributed by atoms with Crippen molar-refractivity contribution in [1.82, 2.24) is 0 Å². The third kappa shape index (κ3) is 3.81. The number of methoxy groups -OCH3 is 1. The SMILES string of the molecule is COc1ccc(/C(=C/c2ccccc2)S(=O)c2ccccc2)cc1. The van der Waals surface area contributed by atoms with Gasteiger partial charge in [0.2, 0.25) is 0 Å². The molecule has 0 aliphatic heterocycles. The van der Waals surface area contributed by atoms with E-state index in [1.54, 1.807) is 7.11 Å². The lowest BCUT2D eigenvalue weighted by Gasteiger charge is -2.10. The molecule has 0 aliphatic carbocycles. The molecule has 0 saturated carbocycles. The predicted molar refractivity (Wildman–Crippen MR) is 100 cm³/mol. The van der Waals surface area contributed by atoms with E-state index in [1.807, 2.05) is 91.0 Å². The summed E-state index contributed by atoms with van der Waals surface area (Å²) in [6.45, 7) is 0. The first-order valence-electron chi connectivity index (χ1n) is 7.66. The quantitative estimate of drug-likeness (QED) is 0.614. The number of ether oxygens (including phenoxy) is 1. The molecule has 120 valence electrons. The van der Waals surface area contributed by atoms with Gasteiger partial charge >= 0.3 is 0 Å². The lowest BCUT2D eigenvalue weighted by atomic mass is 10.1. The Hall–Kier alpha value is -2.65. The minimum atomic E-state index is -1.26. The number of hydrogen-bond donors (Lipinski definition) is 0. The van der Waals surface area contributed by atoms with E-state index < -0.39 is 10.8 Å². The van der Waals surface area contributed by atoms with Crippen LogP contribution in [0.5, 0.6) is 5.75 Å². The molecule has 0 fully saturated rings. The summed E-state index contributed by atoms with van der Waals surface area (Å²) in [6.07, 6.45) is 1.98. The fourth-order valence-corrected chi connectivity index (χ4v) is 3.62. The van der Waals surface area contributed by atoms with Crippen molar-refractivity contribution in [3.8, 4) is 5.75 Å². The lowest BCUT2D eigenvalue weighted by Crippen LogP contribution is -1.96. The second-order valence-electron chi connectivity index (χ2n) is 5.23. The van der Waals surface area contributed by atoms with Crippen LogP contribution in [0.4, 0.5) is 0 Å². The fraction of sp³-hybridized carbons (Fsp3) is 0.0476. The van der Waals surface area contributed by atoms with E-state index in [1.165, 1.54) is 0 Å². The Morgan fingerprint density at radius 3 is 2.00 bits per heavy atom. The van der Waals surface area contributed by atoms with Gasteiger partial charge in [0, 0.05) is 4.90 Å². The van der Waals surface area contributed by atoms with Gasteiger partial charge in [0.15, 0.2) is 0 Å². The molecule has 3 aromatic carbocycles. The minimum Gasteiger partial charge on any atom is -0.497 e. The van der Waals surface area contributed by atoms with Crippen molar-refractivity contribution in [2.75, 3.05) is 7.11 Å². The van der Waals surface area contributed by atoms with Gasteiger partial charge in [0.25, 0.3) is 0 Å². The van der Waals surface area contributed by atoms with Gasteiger partial charge in [0.05, 0.1) is 22.8 Å². The van der Waals surface area contributed by atoms with Crippen molar-refractivity contribution < 1.29 is 8.95 Å². The molecule has 3 heteroatoms. The van der Waals surface area contributed by atoms with Gasteiger partial charge in [-0.1, -0.05) is 60.7 Å². The maximum atomic E-state index is 13.1. The Labute approximate surface area is 144 Å². The molecule has 2 nitrogen and oxygen atoms in total. The second-order valence-corrected chi connectivity index (χ2v) is 6.68. The molecular weight excluding hydrogens is 316 g/mol. The summed E-state index contributed by atoms with van der Waals surface area (Å²) in [5, 5.41) is 0. The van der Waals surface area contributed by atoms with E-state index in [9.17, 15) is 4.21 Å². The second kappa shape index (κ2) is 7.75. The van der Waals surface area contributed by atoms with Crippen LogP contribution in [0.3, 0.4) is 0 Å². The van der Waals surface area contributed by atoms with Crippen LogP contribution in [0, 0.1) is 0 Å². The van der Waals surface area contributed by atoms with Crippen LogP contribution in [0.2, 0.25) is 0 Å². The zero-order chi connectivity index (χ0) is 16.8. The largest absolute Gasteiger partial charge is 0.497 e. The molecule has 0 saturated heterocycles. The van der Waals surface area contributed by atoms with E-state index in [0.717, 1.165) is 26.7 Å². The summed E-state index contributed by atoms with van der Waals surface area (Å²) in [5.41, 5.74) is 1.94. The van der Waals surface area contributed by atoms with Crippen LogP contribution in [-0.4, -0.2) is 11.3 Å². The molecule has 3 rings (SSSR count). The molecule has 24 heavy (non-hydrogen) atoms. The van der Waals surface area contributed by atoms with Crippen molar-refractivity contribution in [3.63, 3.8) is 0 Å². The van der Waals surface area contributed by atoms with Gasteiger partial charge in [-0.25, -0.2) is 4.21 Å². The Balaban J connectivity index is 2.06. The summed E-state index contributed by atoms with van der Waals surface area (Å²) >= 11 is 0. The first-order chi connectivity index (χ1) is 11.8. The summed E-state index contributed by atoms with van der Waals surface area (Å²) in [7, 11) is 0.376. The average molecular weight is 334 g/mol. The molecule has 0 radical (unpaired) electrons. The molecule has 0 heterocycles. The summed E-state index contributed by atoms with van der Waals surface area (Å²) in [4.78, 5) is 1.56. The third-order valence-electron chi connectivity index (χ3n) is 3.63. The maximum Gasteiger partial charge on any atom is 0.118 e. The Morgan fingerprint density at radius 2 is 1.42 bits per heavy atom. The third-order valence-corrected chi connectivity index (χ3v) is 5.08. The van der Waals surface area contributed by atoms with Crippen LogP contribution in [-0.2, 0) is 10.8 Å². The summed E-state index contributed by atoms with van der Waals surface area (Å²) in [5.74, 6) is 0.781. The highest BCUT2D eigenvalue weighted by atomic mass is 32.2. The molecular formula is C21H18O2S. The number of rotatable bonds is 5. The Morgan fingerprint density at radius 1 is 0.833 bits per heavy atom. The lowest BCUT2D eigenvalue weighted by molar-refractivity contribution is 0.415. The van der Waals surface area contributed by atoms with Gasteiger partial charge in [-0.2, -0.15) is 0 Å². The molecule has 0 bridgehead atoms. The van der Waals surface area contributed by atoms with E-state index >= 15 is 0 Å². The normalized spacial score (nSPS) is 12.6. The molecule has 0 spiro atoms. The van der Waals surface area contributed by atoms with Gasteiger partial charge in [-0.15, -0.1) is 0 Å². The molecule has 0 amide bonds. The maximum absolute atomic E-state index is 13.1. The summed E-state index contributed by atoms with van der Waals surface area (Å²) in [6, 6.07) is 27.1. The highest BCUT2D eigenvalue weighted by Gasteiger charge is 2.13. The number of hydrogen-bond acceptors (Lipinski definition) is 2. The predicted octanol–water partition coefficient (Wildman–Crippen LogP) is 5.00. The zero-order valence-electron chi connectivity index (χ0n) is 13.4. The van der Waals surface area contributed by atoms with E-state index in [0.29, 0.717) is 0 Å². The summed E-state index contributed by atoms with van der Waals surface area (Å²) < 4.78 is 18.3. The van der Waals surface area contributed by atoms with Crippen LogP contribution in [0.25, 0.3) is 11.0 Å². The van der Waals surface area contributed by atoms with Crippen LogP contribution in [0.1, 0.15) is 11.1 Å². The van der Waals surface area contributed by atoms with Crippen LogP contribution < -0.4 is 4.74 Å². The average Bonchev–Trinajstić information content (AvgIpc) is 2.67. The highest BCUT2D eigenvalue weighted by molar-refractivity contribution is 7.94. The Kier molecular flexibility index (Phi) is 5.24. The first-order valence-corrected chi connectivity index (χ1v) is 8.81. The minimum absolute atomic E-state index is 0.773. The van der Waals surface area contributed by atoms with Gasteiger partial charge < -0.3 is 4.74 Å². The molecule has 1 atom stereocenters. The van der Waals surface area contributed by atoms with Gasteiger partial charge in [-0.05, 0) is 41.5 Å². The van der Waals surface area contributed by atoms with Crippen LogP contribution >= 0.6 is 0 Å². The van der Waals surface area contributed by atoms with E-state index in [-0.39, 0.29) is 0 Å². The molecule has 0 N–H and O–H groups in total. The molecule has 0 aromatic heterocycles. The first kappa shape index (κ1) is 16.2. The van der Waals surface area contributed by atoms with Gasteiger partial charge in [0.1, 0.15) is 5.75 Å². The smallest absolute Gasteiger partial charge is 0.118 e. The van der Waals surface area contributed by atoms with Crippen LogP contribution in [0.15, 0.2) is 89.8 Å². The van der Waals surface area contributed by atoms with Gasteiger partial charge in [-0.3, -0.25) is 0 Å². The standard InChI is InChI=1S/C21H18O2S/c1-23-19-14-12-18(13-15-19)21(16-17-8-4-2-5-9-17)24(22)20-10-6-3-7-11-20/h2-16H,1H3/b21-16-. The molecule has 3 aromatic rings. The van der Waals surface area contributed by atoms with E-state index in [2.05, 4.69) is 0 Å². The monoisotopic (exact) mass is 334 g/mol. The fourth-order valence-electron chi connectivity index (χ4n) is 2.37. The van der Waals surface area contributed by atoms with E-state index in [4.69, 9.17) is 4.74 Å².